The summed E-state index contributed by atoms with van der Waals surface area (Å²) in [5.41, 5.74) is 2.26. The van der Waals surface area contributed by atoms with Gasteiger partial charge in [0.1, 0.15) is 5.82 Å². The van der Waals surface area contributed by atoms with Crippen LogP contribution in [0.25, 0.3) is 0 Å². The molecule has 1 atom stereocenters. The van der Waals surface area contributed by atoms with E-state index in [4.69, 9.17) is 0 Å². The van der Waals surface area contributed by atoms with Crippen LogP contribution in [-0.4, -0.2) is 9.78 Å². The molecule has 102 valence electrons. The maximum absolute atomic E-state index is 12.9. The molecule has 0 unspecified atom stereocenters. The van der Waals surface area contributed by atoms with Gasteiger partial charge in [0.05, 0.1) is 5.69 Å². The van der Waals surface area contributed by atoms with Gasteiger partial charge in [-0.15, -0.1) is 0 Å². The Morgan fingerprint density at radius 1 is 1.26 bits per heavy atom. The van der Waals surface area contributed by atoms with E-state index < -0.39 is 0 Å². The molecule has 1 heterocycles. The molecule has 0 amide bonds. The zero-order chi connectivity index (χ0) is 13.7. The van der Waals surface area contributed by atoms with Crippen molar-refractivity contribution in [3.63, 3.8) is 0 Å². The van der Waals surface area contributed by atoms with Crippen LogP contribution in [0, 0.1) is 5.82 Å². The molecule has 4 heteroatoms. The third-order valence-electron chi connectivity index (χ3n) is 3.20. The quantitative estimate of drug-likeness (QED) is 0.864. The predicted molar refractivity (Wildman–Crippen MR) is 74.2 cm³/mol. The van der Waals surface area contributed by atoms with Crippen molar-refractivity contribution >= 4 is 0 Å². The Hall–Kier alpha value is -1.68. The van der Waals surface area contributed by atoms with Gasteiger partial charge in [0.2, 0.25) is 0 Å². The highest BCUT2D eigenvalue weighted by Gasteiger charge is 2.07. The van der Waals surface area contributed by atoms with Gasteiger partial charge in [-0.05, 0) is 37.1 Å². The lowest BCUT2D eigenvalue weighted by Gasteiger charge is -2.15. The van der Waals surface area contributed by atoms with Crippen molar-refractivity contribution in [2.45, 2.75) is 39.4 Å². The summed E-state index contributed by atoms with van der Waals surface area (Å²) in [5, 5.41) is 7.73. The maximum atomic E-state index is 12.9. The maximum Gasteiger partial charge on any atom is 0.123 e. The molecule has 0 aliphatic rings. The minimum absolute atomic E-state index is 0.186. The lowest BCUT2D eigenvalue weighted by molar-refractivity contribution is 0.516. The first-order chi connectivity index (χ1) is 9.20. The third-order valence-corrected chi connectivity index (χ3v) is 3.20. The van der Waals surface area contributed by atoms with Crippen molar-refractivity contribution in [3.8, 4) is 0 Å². The Balaban J connectivity index is 1.94. The summed E-state index contributed by atoms with van der Waals surface area (Å²) in [7, 11) is 0. The van der Waals surface area contributed by atoms with Gasteiger partial charge < -0.3 is 5.32 Å². The summed E-state index contributed by atoms with van der Waals surface area (Å²) in [5.74, 6) is -0.197. The molecule has 19 heavy (non-hydrogen) atoms. The Labute approximate surface area is 113 Å². The molecular weight excluding hydrogens is 241 g/mol. The lowest BCUT2D eigenvalue weighted by atomic mass is 10.1. The van der Waals surface area contributed by atoms with Crippen LogP contribution in [0.1, 0.15) is 37.6 Å². The molecule has 1 aromatic carbocycles. The first kappa shape index (κ1) is 13.7. The number of rotatable bonds is 6. The summed E-state index contributed by atoms with van der Waals surface area (Å²) in [6.07, 6.45) is 2.90. The molecule has 3 nitrogen and oxygen atoms in total. The van der Waals surface area contributed by atoms with Gasteiger partial charge in [0, 0.05) is 25.3 Å². The van der Waals surface area contributed by atoms with Crippen LogP contribution in [0.2, 0.25) is 0 Å². The van der Waals surface area contributed by atoms with Crippen molar-refractivity contribution in [1.82, 2.24) is 15.1 Å². The second-order valence-electron chi connectivity index (χ2n) is 4.70. The lowest BCUT2D eigenvalue weighted by Crippen LogP contribution is -2.20. The van der Waals surface area contributed by atoms with E-state index in [0.29, 0.717) is 0 Å². The fourth-order valence-electron chi connectivity index (χ4n) is 2.05. The Kier molecular flexibility index (Phi) is 4.68. The molecule has 0 saturated carbocycles. The Bertz CT molecular complexity index is 504. The normalized spacial score (nSPS) is 12.6. The fourth-order valence-corrected chi connectivity index (χ4v) is 2.05. The van der Waals surface area contributed by atoms with Gasteiger partial charge in [-0.1, -0.05) is 19.1 Å². The van der Waals surface area contributed by atoms with Crippen molar-refractivity contribution in [2.75, 3.05) is 0 Å². The van der Waals surface area contributed by atoms with Gasteiger partial charge in [-0.3, -0.25) is 4.68 Å². The highest BCUT2D eigenvalue weighted by atomic mass is 19.1. The van der Waals surface area contributed by atoms with E-state index >= 15 is 0 Å². The average Bonchev–Trinajstić information content (AvgIpc) is 2.85. The summed E-state index contributed by atoms with van der Waals surface area (Å²) < 4.78 is 14.9. The van der Waals surface area contributed by atoms with Crippen LogP contribution in [0.15, 0.2) is 36.5 Å². The van der Waals surface area contributed by atoms with Gasteiger partial charge >= 0.3 is 0 Å². The topological polar surface area (TPSA) is 29.9 Å². The van der Waals surface area contributed by atoms with Crippen molar-refractivity contribution in [2.24, 2.45) is 0 Å². The van der Waals surface area contributed by atoms with Gasteiger partial charge in [-0.2, -0.15) is 5.10 Å². The molecule has 0 bridgehead atoms. The standard InChI is InChI=1S/C15H20FN3/c1-3-10-19-15(8-9-18-19)11-17-12(2)13-4-6-14(16)7-5-13/h4-9,12,17H,3,10-11H2,1-2H3/t12-/m0/s1. The second-order valence-corrected chi connectivity index (χ2v) is 4.70. The second kappa shape index (κ2) is 6.48. The zero-order valence-electron chi connectivity index (χ0n) is 11.4. The number of nitrogens with one attached hydrogen (secondary N) is 1. The number of aromatic nitrogens is 2. The molecule has 2 aromatic rings. The summed E-state index contributed by atoms with van der Waals surface area (Å²) in [6, 6.07) is 8.83. The van der Waals surface area contributed by atoms with Gasteiger partial charge in [0.25, 0.3) is 0 Å². The summed E-state index contributed by atoms with van der Waals surface area (Å²) in [6.45, 7) is 5.92. The smallest absolute Gasteiger partial charge is 0.123 e. The average molecular weight is 261 g/mol. The molecule has 0 saturated heterocycles. The number of halogens is 1. The first-order valence-corrected chi connectivity index (χ1v) is 6.70. The van der Waals surface area contributed by atoms with E-state index in [9.17, 15) is 4.39 Å². The molecule has 1 aromatic heterocycles. The van der Waals surface area contributed by atoms with Crippen LogP contribution in [0.3, 0.4) is 0 Å². The molecule has 1 N–H and O–H groups in total. The first-order valence-electron chi connectivity index (χ1n) is 6.70. The van der Waals surface area contributed by atoms with Gasteiger partial charge in [-0.25, -0.2) is 4.39 Å². The Morgan fingerprint density at radius 3 is 2.68 bits per heavy atom. The van der Waals surface area contributed by atoms with E-state index in [1.165, 1.54) is 17.8 Å². The monoisotopic (exact) mass is 261 g/mol. The number of aryl methyl sites for hydroxylation is 1. The third kappa shape index (κ3) is 3.64. The molecule has 2 rings (SSSR count). The van der Waals surface area contributed by atoms with Crippen LogP contribution < -0.4 is 5.32 Å². The van der Waals surface area contributed by atoms with E-state index in [-0.39, 0.29) is 11.9 Å². The van der Waals surface area contributed by atoms with Crippen molar-refractivity contribution in [1.29, 1.82) is 0 Å². The number of hydrogen-bond donors (Lipinski definition) is 1. The largest absolute Gasteiger partial charge is 0.305 e. The number of hydrogen-bond acceptors (Lipinski definition) is 2. The predicted octanol–water partition coefficient (Wildman–Crippen LogP) is 3.28. The number of benzene rings is 1. The molecule has 0 radical (unpaired) electrons. The molecule has 0 aliphatic heterocycles. The van der Waals surface area contributed by atoms with E-state index in [1.807, 2.05) is 29.1 Å². The number of nitrogens with zero attached hydrogens (tertiary/aromatic N) is 2. The molecule has 0 aliphatic carbocycles. The van der Waals surface area contributed by atoms with E-state index in [1.54, 1.807) is 0 Å². The zero-order valence-corrected chi connectivity index (χ0v) is 11.4. The summed E-state index contributed by atoms with van der Waals surface area (Å²) >= 11 is 0. The molecule has 0 spiro atoms. The Morgan fingerprint density at radius 2 is 2.00 bits per heavy atom. The molecular formula is C15H20FN3. The van der Waals surface area contributed by atoms with Crippen molar-refractivity contribution in [3.05, 3.63) is 53.6 Å². The highest BCUT2D eigenvalue weighted by Crippen LogP contribution is 2.13. The van der Waals surface area contributed by atoms with E-state index in [0.717, 1.165) is 25.1 Å². The fraction of sp³-hybridized carbons (Fsp3) is 0.400. The van der Waals surface area contributed by atoms with Crippen molar-refractivity contribution < 1.29 is 4.39 Å². The van der Waals surface area contributed by atoms with Crippen LogP contribution in [0.5, 0.6) is 0 Å². The highest BCUT2D eigenvalue weighted by molar-refractivity contribution is 5.19. The minimum Gasteiger partial charge on any atom is -0.305 e. The van der Waals surface area contributed by atoms with E-state index in [2.05, 4.69) is 24.3 Å². The van der Waals surface area contributed by atoms with Crippen LogP contribution in [-0.2, 0) is 13.1 Å². The summed E-state index contributed by atoms with van der Waals surface area (Å²) in [4.78, 5) is 0. The minimum atomic E-state index is -0.197. The van der Waals surface area contributed by atoms with Crippen LogP contribution in [0.4, 0.5) is 4.39 Å². The molecule has 0 fully saturated rings. The van der Waals surface area contributed by atoms with Gasteiger partial charge in [0.15, 0.2) is 0 Å². The SMILES string of the molecule is CCCn1nccc1CN[C@@H](C)c1ccc(F)cc1. The van der Waals surface area contributed by atoms with Crippen LogP contribution >= 0.6 is 0 Å².